The number of hydrogen-bond donors (Lipinski definition) is 2. The van der Waals surface area contributed by atoms with Gasteiger partial charge in [0, 0.05) is 61.4 Å². The van der Waals surface area contributed by atoms with E-state index < -0.39 is 0 Å². The third kappa shape index (κ3) is 3.76. The van der Waals surface area contributed by atoms with Crippen molar-refractivity contribution in [3.05, 3.63) is 60.6 Å². The first kappa shape index (κ1) is 17.1. The van der Waals surface area contributed by atoms with Crippen molar-refractivity contribution >= 4 is 28.5 Å². The van der Waals surface area contributed by atoms with Crippen molar-refractivity contribution in [2.24, 2.45) is 0 Å². The van der Waals surface area contributed by atoms with Crippen molar-refractivity contribution in [3.8, 4) is 0 Å². The SMILES string of the molecule is O=C(Cc1c[nH]c2ccccc12)N1CCN(C(=O)Nc2ccncc2)CC1. The lowest BCUT2D eigenvalue weighted by Crippen LogP contribution is -2.52. The van der Waals surface area contributed by atoms with Crippen LogP contribution in [0.1, 0.15) is 5.56 Å². The number of pyridine rings is 1. The van der Waals surface area contributed by atoms with Crippen LogP contribution in [-0.2, 0) is 11.2 Å². The smallest absolute Gasteiger partial charge is 0.321 e. The maximum Gasteiger partial charge on any atom is 0.321 e. The van der Waals surface area contributed by atoms with E-state index in [-0.39, 0.29) is 11.9 Å². The summed E-state index contributed by atoms with van der Waals surface area (Å²) in [7, 11) is 0. The zero-order chi connectivity index (χ0) is 18.6. The number of para-hydroxylation sites is 1. The van der Waals surface area contributed by atoms with Crippen LogP contribution in [0.4, 0.5) is 10.5 Å². The van der Waals surface area contributed by atoms with Gasteiger partial charge in [0.15, 0.2) is 0 Å². The molecule has 2 N–H and O–H groups in total. The largest absolute Gasteiger partial charge is 0.361 e. The monoisotopic (exact) mass is 363 g/mol. The van der Waals surface area contributed by atoms with Crippen LogP contribution in [0.15, 0.2) is 55.0 Å². The highest BCUT2D eigenvalue weighted by Gasteiger charge is 2.24. The number of aromatic amines is 1. The molecule has 2 aromatic heterocycles. The topological polar surface area (TPSA) is 81.3 Å². The Kier molecular flexibility index (Phi) is 4.74. The van der Waals surface area contributed by atoms with Crippen molar-refractivity contribution in [3.63, 3.8) is 0 Å². The fourth-order valence-electron chi connectivity index (χ4n) is 3.35. The number of carbonyl (C=O) groups excluding carboxylic acids is 2. The average Bonchev–Trinajstić information content (AvgIpc) is 3.12. The zero-order valence-corrected chi connectivity index (χ0v) is 14.9. The van der Waals surface area contributed by atoms with Crippen LogP contribution in [0.25, 0.3) is 10.9 Å². The number of benzene rings is 1. The molecule has 3 amide bonds. The molecule has 3 aromatic rings. The molecule has 1 aliphatic heterocycles. The first-order chi connectivity index (χ1) is 13.2. The van der Waals surface area contributed by atoms with Crippen molar-refractivity contribution in [2.75, 3.05) is 31.5 Å². The lowest BCUT2D eigenvalue weighted by Gasteiger charge is -2.34. The molecule has 7 heteroatoms. The number of rotatable bonds is 3. The molecule has 0 saturated carbocycles. The molecule has 4 rings (SSSR count). The summed E-state index contributed by atoms with van der Waals surface area (Å²) < 4.78 is 0. The molecular formula is C20H21N5O2. The van der Waals surface area contributed by atoms with E-state index in [9.17, 15) is 9.59 Å². The molecule has 0 unspecified atom stereocenters. The number of piperazine rings is 1. The molecule has 1 aliphatic rings. The van der Waals surface area contributed by atoms with Crippen LogP contribution in [0.5, 0.6) is 0 Å². The number of H-pyrrole nitrogens is 1. The number of carbonyl (C=O) groups is 2. The molecular weight excluding hydrogens is 342 g/mol. The van der Waals surface area contributed by atoms with Crippen LogP contribution in [0.3, 0.4) is 0 Å². The van der Waals surface area contributed by atoms with Gasteiger partial charge in [-0.2, -0.15) is 0 Å². The van der Waals surface area contributed by atoms with Gasteiger partial charge in [0.1, 0.15) is 0 Å². The third-order valence-electron chi connectivity index (χ3n) is 4.87. The lowest BCUT2D eigenvalue weighted by molar-refractivity contribution is -0.131. The average molecular weight is 363 g/mol. The summed E-state index contributed by atoms with van der Waals surface area (Å²) in [5.41, 5.74) is 2.76. The molecule has 0 bridgehead atoms. The minimum atomic E-state index is -0.148. The van der Waals surface area contributed by atoms with Gasteiger partial charge < -0.3 is 20.1 Å². The van der Waals surface area contributed by atoms with Crippen LogP contribution < -0.4 is 5.32 Å². The van der Waals surface area contributed by atoms with Gasteiger partial charge in [-0.3, -0.25) is 9.78 Å². The van der Waals surface area contributed by atoms with Gasteiger partial charge in [-0.25, -0.2) is 4.79 Å². The Morgan fingerprint density at radius 3 is 2.48 bits per heavy atom. The van der Waals surface area contributed by atoms with E-state index in [2.05, 4.69) is 15.3 Å². The van der Waals surface area contributed by atoms with E-state index in [1.54, 1.807) is 29.4 Å². The van der Waals surface area contributed by atoms with E-state index in [0.717, 1.165) is 16.5 Å². The zero-order valence-electron chi connectivity index (χ0n) is 14.9. The second-order valence-corrected chi connectivity index (χ2v) is 6.57. The number of hydrogen-bond acceptors (Lipinski definition) is 3. The van der Waals surface area contributed by atoms with E-state index in [1.807, 2.05) is 35.4 Å². The van der Waals surface area contributed by atoms with E-state index >= 15 is 0 Å². The Morgan fingerprint density at radius 2 is 1.70 bits per heavy atom. The fraction of sp³-hybridized carbons (Fsp3) is 0.250. The quantitative estimate of drug-likeness (QED) is 0.750. The first-order valence-electron chi connectivity index (χ1n) is 8.99. The Bertz CT molecular complexity index is 945. The summed E-state index contributed by atoms with van der Waals surface area (Å²) in [5, 5.41) is 3.94. The molecule has 138 valence electrons. The summed E-state index contributed by atoms with van der Waals surface area (Å²) in [4.78, 5) is 35.7. The van der Waals surface area contributed by atoms with E-state index in [1.165, 1.54) is 0 Å². The number of nitrogens with one attached hydrogen (secondary N) is 2. The van der Waals surface area contributed by atoms with Gasteiger partial charge in [0.05, 0.1) is 6.42 Å². The molecule has 27 heavy (non-hydrogen) atoms. The van der Waals surface area contributed by atoms with E-state index in [0.29, 0.717) is 38.3 Å². The molecule has 0 radical (unpaired) electrons. The first-order valence-corrected chi connectivity index (χ1v) is 8.99. The molecule has 0 spiro atoms. The van der Waals surface area contributed by atoms with Crippen LogP contribution in [-0.4, -0.2) is 57.9 Å². The molecule has 1 aromatic carbocycles. The summed E-state index contributed by atoms with van der Waals surface area (Å²) in [6.07, 6.45) is 5.54. The number of amides is 3. The predicted molar refractivity (Wildman–Crippen MR) is 103 cm³/mol. The highest BCUT2D eigenvalue weighted by molar-refractivity contribution is 5.90. The number of anilines is 1. The highest BCUT2D eigenvalue weighted by Crippen LogP contribution is 2.19. The normalized spacial score (nSPS) is 14.4. The van der Waals surface area contributed by atoms with Crippen molar-refractivity contribution in [2.45, 2.75) is 6.42 Å². The van der Waals surface area contributed by atoms with Gasteiger partial charge in [0.2, 0.25) is 5.91 Å². The van der Waals surface area contributed by atoms with Crippen molar-refractivity contribution in [1.82, 2.24) is 19.8 Å². The second-order valence-electron chi connectivity index (χ2n) is 6.57. The number of nitrogens with zero attached hydrogens (tertiary/aromatic N) is 3. The van der Waals surface area contributed by atoms with Gasteiger partial charge in [-0.15, -0.1) is 0 Å². The van der Waals surface area contributed by atoms with Crippen molar-refractivity contribution in [1.29, 1.82) is 0 Å². The van der Waals surface area contributed by atoms with Gasteiger partial charge in [0.25, 0.3) is 0 Å². The molecule has 0 aliphatic carbocycles. The summed E-state index contributed by atoms with van der Waals surface area (Å²) >= 11 is 0. The lowest BCUT2D eigenvalue weighted by atomic mass is 10.1. The second kappa shape index (κ2) is 7.49. The van der Waals surface area contributed by atoms with Crippen LogP contribution in [0.2, 0.25) is 0 Å². The Hall–Kier alpha value is -3.35. The predicted octanol–water partition coefficient (Wildman–Crippen LogP) is 2.48. The Labute approximate surface area is 157 Å². The highest BCUT2D eigenvalue weighted by atomic mass is 16.2. The maximum absolute atomic E-state index is 12.7. The van der Waals surface area contributed by atoms with E-state index in [4.69, 9.17) is 0 Å². The Morgan fingerprint density at radius 1 is 1.00 bits per heavy atom. The van der Waals surface area contributed by atoms with Gasteiger partial charge in [-0.05, 0) is 23.8 Å². The Balaban J connectivity index is 1.32. The number of urea groups is 1. The minimum Gasteiger partial charge on any atom is -0.361 e. The molecule has 0 atom stereocenters. The summed E-state index contributed by atoms with van der Waals surface area (Å²) in [6, 6.07) is 11.3. The van der Waals surface area contributed by atoms with Crippen LogP contribution in [0, 0.1) is 0 Å². The standard InChI is InChI=1S/C20H21N5O2/c26-19(13-15-14-22-18-4-2-1-3-17(15)18)24-9-11-25(12-10-24)20(27)23-16-5-7-21-8-6-16/h1-8,14,22H,9-13H2,(H,21,23,27). The van der Waals surface area contributed by atoms with Crippen molar-refractivity contribution < 1.29 is 9.59 Å². The number of fused-ring (bicyclic) bond motifs is 1. The minimum absolute atomic E-state index is 0.0916. The molecule has 7 nitrogen and oxygen atoms in total. The van der Waals surface area contributed by atoms with Gasteiger partial charge in [-0.1, -0.05) is 18.2 Å². The summed E-state index contributed by atoms with van der Waals surface area (Å²) in [5.74, 6) is 0.0916. The number of aromatic nitrogens is 2. The maximum atomic E-state index is 12.7. The molecule has 1 saturated heterocycles. The van der Waals surface area contributed by atoms with Crippen LogP contribution >= 0.6 is 0 Å². The third-order valence-corrected chi connectivity index (χ3v) is 4.87. The summed E-state index contributed by atoms with van der Waals surface area (Å²) in [6.45, 7) is 2.14. The fourth-order valence-corrected chi connectivity index (χ4v) is 3.35. The molecule has 3 heterocycles. The van der Waals surface area contributed by atoms with Gasteiger partial charge >= 0.3 is 6.03 Å². The molecule has 1 fully saturated rings.